The molecule has 2 aromatic rings. The SMILES string of the molecule is Cc1ccc(Cl)cc1Oc1ccc(CCN)c(Br)c1. The molecule has 0 fully saturated rings. The van der Waals surface area contributed by atoms with Gasteiger partial charge in [0.05, 0.1) is 0 Å². The van der Waals surface area contributed by atoms with Gasteiger partial charge in [-0.3, -0.25) is 0 Å². The van der Waals surface area contributed by atoms with Crippen LogP contribution in [0.5, 0.6) is 11.5 Å². The van der Waals surface area contributed by atoms with Crippen molar-refractivity contribution in [1.29, 1.82) is 0 Å². The monoisotopic (exact) mass is 339 g/mol. The summed E-state index contributed by atoms with van der Waals surface area (Å²) in [4.78, 5) is 0. The lowest BCUT2D eigenvalue weighted by molar-refractivity contribution is 0.478. The number of aryl methyl sites for hydroxylation is 1. The Morgan fingerprint density at radius 2 is 2.00 bits per heavy atom. The number of benzene rings is 2. The van der Waals surface area contributed by atoms with Gasteiger partial charge in [0.2, 0.25) is 0 Å². The Hall–Kier alpha value is -1.03. The van der Waals surface area contributed by atoms with Crippen LogP contribution in [-0.4, -0.2) is 6.54 Å². The second-order valence-corrected chi connectivity index (χ2v) is 5.59. The standard InChI is InChI=1S/C15H15BrClNO/c1-10-2-4-12(17)8-15(10)19-13-5-3-11(6-7-18)14(16)9-13/h2-5,8-9H,6-7,18H2,1H3. The van der Waals surface area contributed by atoms with Gasteiger partial charge in [0.15, 0.2) is 0 Å². The Morgan fingerprint density at radius 1 is 1.21 bits per heavy atom. The van der Waals surface area contributed by atoms with Crippen molar-refractivity contribution in [3.05, 3.63) is 57.0 Å². The molecule has 0 heterocycles. The van der Waals surface area contributed by atoms with E-state index in [1.165, 1.54) is 5.56 Å². The lowest BCUT2D eigenvalue weighted by atomic mass is 10.1. The zero-order chi connectivity index (χ0) is 13.8. The van der Waals surface area contributed by atoms with E-state index in [2.05, 4.69) is 15.9 Å². The summed E-state index contributed by atoms with van der Waals surface area (Å²) in [6.45, 7) is 2.62. The third-order valence-corrected chi connectivity index (χ3v) is 3.79. The van der Waals surface area contributed by atoms with Crippen molar-refractivity contribution in [1.82, 2.24) is 0 Å². The third kappa shape index (κ3) is 3.72. The maximum Gasteiger partial charge on any atom is 0.131 e. The van der Waals surface area contributed by atoms with E-state index in [4.69, 9.17) is 22.1 Å². The number of halogens is 2. The van der Waals surface area contributed by atoms with Crippen molar-refractivity contribution in [3.63, 3.8) is 0 Å². The van der Waals surface area contributed by atoms with Gasteiger partial charge in [0, 0.05) is 9.50 Å². The lowest BCUT2D eigenvalue weighted by Crippen LogP contribution is -2.03. The molecule has 2 nitrogen and oxygen atoms in total. The number of nitrogens with two attached hydrogens (primary N) is 1. The molecule has 0 saturated carbocycles. The molecule has 0 amide bonds. The van der Waals surface area contributed by atoms with Crippen LogP contribution in [0.4, 0.5) is 0 Å². The summed E-state index contributed by atoms with van der Waals surface area (Å²) in [6.07, 6.45) is 0.844. The molecule has 0 unspecified atom stereocenters. The van der Waals surface area contributed by atoms with Crippen molar-refractivity contribution in [3.8, 4) is 11.5 Å². The fourth-order valence-corrected chi connectivity index (χ4v) is 2.48. The number of hydrogen-bond donors (Lipinski definition) is 1. The van der Waals surface area contributed by atoms with Crippen LogP contribution < -0.4 is 10.5 Å². The van der Waals surface area contributed by atoms with E-state index in [-0.39, 0.29) is 0 Å². The third-order valence-electron chi connectivity index (χ3n) is 2.82. The Labute approximate surface area is 126 Å². The van der Waals surface area contributed by atoms with E-state index in [1.54, 1.807) is 0 Å². The largest absolute Gasteiger partial charge is 0.457 e. The van der Waals surface area contributed by atoms with Crippen molar-refractivity contribution >= 4 is 27.5 Å². The summed E-state index contributed by atoms with van der Waals surface area (Å²) >= 11 is 9.51. The molecule has 0 aliphatic carbocycles. The molecule has 2 aromatic carbocycles. The zero-order valence-corrected chi connectivity index (χ0v) is 13.0. The molecular weight excluding hydrogens is 326 g/mol. The van der Waals surface area contributed by atoms with Gasteiger partial charge >= 0.3 is 0 Å². The second-order valence-electron chi connectivity index (χ2n) is 4.30. The predicted molar refractivity (Wildman–Crippen MR) is 83.2 cm³/mol. The molecular formula is C15H15BrClNO. The van der Waals surface area contributed by atoms with Crippen LogP contribution in [0.15, 0.2) is 40.9 Å². The summed E-state index contributed by atoms with van der Waals surface area (Å²) in [6, 6.07) is 11.5. The summed E-state index contributed by atoms with van der Waals surface area (Å²) in [5.41, 5.74) is 7.79. The zero-order valence-electron chi connectivity index (χ0n) is 10.6. The molecule has 4 heteroatoms. The molecule has 0 atom stereocenters. The summed E-state index contributed by atoms with van der Waals surface area (Å²) < 4.78 is 6.87. The molecule has 2 N–H and O–H groups in total. The Balaban J connectivity index is 2.24. The van der Waals surface area contributed by atoms with Gasteiger partial charge in [0.25, 0.3) is 0 Å². The maximum absolute atomic E-state index is 5.98. The van der Waals surface area contributed by atoms with Crippen LogP contribution >= 0.6 is 27.5 Å². The minimum absolute atomic E-state index is 0.631. The fourth-order valence-electron chi connectivity index (χ4n) is 1.76. The topological polar surface area (TPSA) is 35.2 Å². The van der Waals surface area contributed by atoms with Crippen LogP contribution in [0.25, 0.3) is 0 Å². The first-order chi connectivity index (χ1) is 9.10. The van der Waals surface area contributed by atoms with E-state index in [0.29, 0.717) is 11.6 Å². The highest BCUT2D eigenvalue weighted by Crippen LogP contribution is 2.30. The first kappa shape index (κ1) is 14.4. The molecule has 0 saturated heterocycles. The van der Waals surface area contributed by atoms with E-state index >= 15 is 0 Å². The highest BCUT2D eigenvalue weighted by molar-refractivity contribution is 9.10. The average Bonchev–Trinajstić information content (AvgIpc) is 2.37. The van der Waals surface area contributed by atoms with Crippen LogP contribution in [0, 0.1) is 6.92 Å². The van der Waals surface area contributed by atoms with Crippen molar-refractivity contribution in [2.45, 2.75) is 13.3 Å². The number of ether oxygens (including phenoxy) is 1. The molecule has 0 spiro atoms. The van der Waals surface area contributed by atoms with E-state index in [0.717, 1.165) is 28.0 Å². The highest BCUT2D eigenvalue weighted by atomic mass is 79.9. The van der Waals surface area contributed by atoms with Crippen LogP contribution in [0.2, 0.25) is 5.02 Å². The number of hydrogen-bond acceptors (Lipinski definition) is 2. The van der Waals surface area contributed by atoms with E-state index in [1.807, 2.05) is 43.3 Å². The van der Waals surface area contributed by atoms with Crippen LogP contribution in [-0.2, 0) is 6.42 Å². The predicted octanol–water partition coefficient (Wildman–Crippen LogP) is 4.70. The Bertz CT molecular complexity index is 586. The van der Waals surface area contributed by atoms with Gasteiger partial charge in [-0.2, -0.15) is 0 Å². The number of rotatable bonds is 4. The molecule has 19 heavy (non-hydrogen) atoms. The minimum Gasteiger partial charge on any atom is -0.457 e. The average molecular weight is 341 g/mol. The normalized spacial score (nSPS) is 10.5. The minimum atomic E-state index is 0.631. The smallest absolute Gasteiger partial charge is 0.131 e. The van der Waals surface area contributed by atoms with E-state index < -0.39 is 0 Å². The van der Waals surface area contributed by atoms with Crippen molar-refractivity contribution in [2.24, 2.45) is 5.73 Å². The van der Waals surface area contributed by atoms with E-state index in [9.17, 15) is 0 Å². The van der Waals surface area contributed by atoms with Gasteiger partial charge in [-0.1, -0.05) is 39.7 Å². The Kier molecular flexibility index (Phi) is 4.86. The van der Waals surface area contributed by atoms with Gasteiger partial charge in [0.1, 0.15) is 11.5 Å². The molecule has 0 aliphatic heterocycles. The lowest BCUT2D eigenvalue weighted by Gasteiger charge is -2.11. The summed E-state index contributed by atoms with van der Waals surface area (Å²) in [5.74, 6) is 1.55. The first-order valence-corrected chi connectivity index (χ1v) is 7.20. The van der Waals surface area contributed by atoms with Gasteiger partial charge in [-0.05, 0) is 55.3 Å². The quantitative estimate of drug-likeness (QED) is 0.875. The summed E-state index contributed by atoms with van der Waals surface area (Å²) in [5, 5.41) is 0.666. The van der Waals surface area contributed by atoms with Crippen LogP contribution in [0.1, 0.15) is 11.1 Å². The Morgan fingerprint density at radius 3 is 2.68 bits per heavy atom. The second kappa shape index (κ2) is 6.42. The van der Waals surface area contributed by atoms with Gasteiger partial charge < -0.3 is 10.5 Å². The molecule has 0 aromatic heterocycles. The molecule has 0 bridgehead atoms. The summed E-state index contributed by atoms with van der Waals surface area (Å²) in [7, 11) is 0. The van der Waals surface area contributed by atoms with Gasteiger partial charge in [-0.25, -0.2) is 0 Å². The molecule has 0 radical (unpaired) electrons. The molecule has 2 rings (SSSR count). The van der Waals surface area contributed by atoms with Gasteiger partial charge in [-0.15, -0.1) is 0 Å². The maximum atomic E-state index is 5.98. The van der Waals surface area contributed by atoms with Crippen molar-refractivity contribution < 1.29 is 4.74 Å². The van der Waals surface area contributed by atoms with Crippen LogP contribution in [0.3, 0.4) is 0 Å². The molecule has 0 aliphatic rings. The fraction of sp³-hybridized carbons (Fsp3) is 0.200. The van der Waals surface area contributed by atoms with Crippen molar-refractivity contribution in [2.75, 3.05) is 6.54 Å². The highest BCUT2D eigenvalue weighted by Gasteiger charge is 2.05. The molecule has 100 valence electrons. The first-order valence-electron chi connectivity index (χ1n) is 6.02.